The number of carbonyl (C=O) groups excluding carboxylic acids is 1. The summed E-state index contributed by atoms with van der Waals surface area (Å²) < 4.78 is 5.54. The summed E-state index contributed by atoms with van der Waals surface area (Å²) in [4.78, 5) is 12.7. The highest BCUT2D eigenvalue weighted by Crippen LogP contribution is 2.28. The summed E-state index contributed by atoms with van der Waals surface area (Å²) in [6.45, 7) is 2.17. The smallest absolute Gasteiger partial charge is 0.251 e. The van der Waals surface area contributed by atoms with Crippen molar-refractivity contribution in [3.05, 3.63) is 89.5 Å². The zero-order chi connectivity index (χ0) is 20.1. The summed E-state index contributed by atoms with van der Waals surface area (Å²) in [5.74, 6) is 0.977. The number of nitrogens with one attached hydrogen (secondary N) is 3. The molecule has 0 unspecified atom stereocenters. The molecule has 0 spiro atoms. The van der Waals surface area contributed by atoms with Gasteiger partial charge in [0.15, 0.2) is 0 Å². The van der Waals surface area contributed by atoms with Crippen molar-refractivity contribution >= 4 is 5.91 Å². The van der Waals surface area contributed by atoms with E-state index < -0.39 is 0 Å². The number of carbonyl (C=O) groups is 1. The van der Waals surface area contributed by atoms with Crippen molar-refractivity contribution in [1.29, 1.82) is 0 Å². The van der Waals surface area contributed by atoms with Gasteiger partial charge < -0.3 is 10.1 Å². The minimum Gasteiger partial charge on any atom is -0.496 e. The second-order valence-corrected chi connectivity index (χ2v) is 7.16. The predicted octanol–water partition coefficient (Wildman–Crippen LogP) is 3.48. The van der Waals surface area contributed by atoms with Crippen LogP contribution >= 0.6 is 0 Å². The van der Waals surface area contributed by atoms with Crippen molar-refractivity contribution in [3.8, 4) is 16.9 Å². The van der Waals surface area contributed by atoms with Crippen LogP contribution in [-0.4, -0.2) is 26.1 Å². The average Bonchev–Trinajstić information content (AvgIpc) is 3.32. The number of methoxy groups -OCH3 is 1. The highest BCUT2D eigenvalue weighted by atomic mass is 16.5. The van der Waals surface area contributed by atoms with Gasteiger partial charge in [0.25, 0.3) is 5.91 Å². The second kappa shape index (κ2) is 8.90. The Morgan fingerprint density at radius 2 is 1.72 bits per heavy atom. The van der Waals surface area contributed by atoms with Gasteiger partial charge in [-0.25, -0.2) is 0 Å². The highest BCUT2D eigenvalue weighted by molar-refractivity contribution is 5.94. The molecular weight excluding hydrogens is 362 g/mol. The van der Waals surface area contributed by atoms with Crippen molar-refractivity contribution in [1.82, 2.24) is 16.2 Å². The summed E-state index contributed by atoms with van der Waals surface area (Å²) >= 11 is 0. The molecule has 5 nitrogen and oxygen atoms in total. The molecule has 1 aliphatic heterocycles. The van der Waals surface area contributed by atoms with Crippen molar-refractivity contribution in [2.75, 3.05) is 20.2 Å². The molecule has 0 radical (unpaired) electrons. The SMILES string of the molecule is COc1cc(C(=O)NCc2cccc(-c3ccccc3)c2)ccc1C1CNNC1. The van der Waals surface area contributed by atoms with E-state index in [0.29, 0.717) is 18.0 Å². The third-order valence-electron chi connectivity index (χ3n) is 5.24. The fraction of sp³-hybridized carbons (Fsp3) is 0.208. The van der Waals surface area contributed by atoms with Crippen LogP contribution in [0.15, 0.2) is 72.8 Å². The molecule has 0 aromatic heterocycles. The Balaban J connectivity index is 1.45. The number of benzene rings is 3. The van der Waals surface area contributed by atoms with Crippen molar-refractivity contribution < 1.29 is 9.53 Å². The van der Waals surface area contributed by atoms with E-state index in [2.05, 4.69) is 40.4 Å². The fourth-order valence-electron chi connectivity index (χ4n) is 3.65. The Labute approximate surface area is 171 Å². The molecule has 3 N–H and O–H groups in total. The lowest BCUT2D eigenvalue weighted by Crippen LogP contribution is -2.23. The summed E-state index contributed by atoms with van der Waals surface area (Å²) in [6.07, 6.45) is 0. The van der Waals surface area contributed by atoms with Crippen LogP contribution in [0.5, 0.6) is 5.75 Å². The molecule has 3 aromatic rings. The van der Waals surface area contributed by atoms with Gasteiger partial charge in [-0.3, -0.25) is 15.6 Å². The molecule has 1 saturated heterocycles. The van der Waals surface area contributed by atoms with E-state index in [1.54, 1.807) is 7.11 Å². The van der Waals surface area contributed by atoms with Crippen LogP contribution in [0.3, 0.4) is 0 Å². The van der Waals surface area contributed by atoms with E-state index in [1.165, 1.54) is 0 Å². The third-order valence-corrected chi connectivity index (χ3v) is 5.24. The standard InChI is InChI=1S/C24H25N3O2/c1-29-23-13-20(10-11-22(23)21-15-26-27-16-21)24(28)25-14-17-6-5-9-19(12-17)18-7-3-2-4-8-18/h2-13,21,26-27H,14-16H2,1H3,(H,25,28). The number of rotatable bonds is 6. The minimum atomic E-state index is -0.109. The van der Waals surface area contributed by atoms with Gasteiger partial charge in [0.05, 0.1) is 7.11 Å². The number of hydrazine groups is 1. The molecular formula is C24H25N3O2. The number of amides is 1. The van der Waals surface area contributed by atoms with Crippen molar-refractivity contribution in [2.45, 2.75) is 12.5 Å². The van der Waals surface area contributed by atoms with Gasteiger partial charge in [0.2, 0.25) is 0 Å². The third kappa shape index (κ3) is 4.47. The van der Waals surface area contributed by atoms with Crippen LogP contribution in [0.1, 0.15) is 27.4 Å². The first-order valence-corrected chi connectivity index (χ1v) is 9.81. The fourth-order valence-corrected chi connectivity index (χ4v) is 3.65. The first-order valence-electron chi connectivity index (χ1n) is 9.81. The van der Waals surface area contributed by atoms with E-state index in [-0.39, 0.29) is 5.91 Å². The van der Waals surface area contributed by atoms with E-state index in [9.17, 15) is 4.79 Å². The molecule has 0 saturated carbocycles. The second-order valence-electron chi connectivity index (χ2n) is 7.16. The highest BCUT2D eigenvalue weighted by Gasteiger charge is 2.21. The molecule has 1 aliphatic rings. The largest absolute Gasteiger partial charge is 0.496 e. The normalized spacial score (nSPS) is 14.0. The Kier molecular flexibility index (Phi) is 5.89. The van der Waals surface area contributed by atoms with Gasteiger partial charge in [-0.15, -0.1) is 0 Å². The van der Waals surface area contributed by atoms with Gasteiger partial charge in [-0.1, -0.05) is 54.6 Å². The summed E-state index contributed by atoms with van der Waals surface area (Å²) in [5.41, 5.74) is 11.3. The lowest BCUT2D eigenvalue weighted by Gasteiger charge is -2.15. The zero-order valence-corrected chi connectivity index (χ0v) is 16.4. The number of hydrogen-bond donors (Lipinski definition) is 3. The molecule has 1 heterocycles. The monoisotopic (exact) mass is 387 g/mol. The molecule has 1 fully saturated rings. The van der Waals surface area contributed by atoms with E-state index in [4.69, 9.17) is 4.74 Å². The van der Waals surface area contributed by atoms with Gasteiger partial charge in [-0.05, 0) is 40.5 Å². The van der Waals surface area contributed by atoms with Crippen molar-refractivity contribution in [2.24, 2.45) is 0 Å². The predicted molar refractivity (Wildman–Crippen MR) is 115 cm³/mol. The van der Waals surface area contributed by atoms with Crippen LogP contribution in [0, 0.1) is 0 Å². The molecule has 29 heavy (non-hydrogen) atoms. The molecule has 1 amide bonds. The average molecular weight is 387 g/mol. The minimum absolute atomic E-state index is 0.109. The van der Waals surface area contributed by atoms with Gasteiger partial charge in [-0.2, -0.15) is 0 Å². The van der Waals surface area contributed by atoms with Gasteiger partial charge in [0, 0.05) is 31.1 Å². The Hall–Kier alpha value is -3.15. The van der Waals surface area contributed by atoms with Crippen LogP contribution in [0.2, 0.25) is 0 Å². The van der Waals surface area contributed by atoms with Crippen LogP contribution in [-0.2, 0) is 6.54 Å². The van der Waals surface area contributed by atoms with E-state index in [1.807, 2.05) is 48.5 Å². The first-order chi connectivity index (χ1) is 14.2. The summed E-state index contributed by atoms with van der Waals surface area (Å²) in [7, 11) is 1.64. The van der Waals surface area contributed by atoms with E-state index >= 15 is 0 Å². The number of hydrogen-bond acceptors (Lipinski definition) is 4. The lowest BCUT2D eigenvalue weighted by molar-refractivity contribution is 0.0950. The van der Waals surface area contributed by atoms with Crippen LogP contribution < -0.4 is 20.9 Å². The van der Waals surface area contributed by atoms with E-state index in [0.717, 1.165) is 41.1 Å². The first kappa shape index (κ1) is 19.2. The molecule has 0 aliphatic carbocycles. The Bertz CT molecular complexity index is 982. The molecule has 5 heteroatoms. The van der Waals surface area contributed by atoms with Gasteiger partial charge >= 0.3 is 0 Å². The molecule has 148 valence electrons. The maximum Gasteiger partial charge on any atom is 0.251 e. The molecule has 0 bridgehead atoms. The van der Waals surface area contributed by atoms with Gasteiger partial charge in [0.1, 0.15) is 5.75 Å². The molecule has 3 aromatic carbocycles. The Morgan fingerprint density at radius 1 is 0.966 bits per heavy atom. The maximum absolute atomic E-state index is 12.7. The van der Waals surface area contributed by atoms with Crippen molar-refractivity contribution in [3.63, 3.8) is 0 Å². The maximum atomic E-state index is 12.7. The zero-order valence-electron chi connectivity index (χ0n) is 16.4. The summed E-state index contributed by atoms with van der Waals surface area (Å²) in [5, 5.41) is 3.02. The van der Waals surface area contributed by atoms with Crippen LogP contribution in [0.25, 0.3) is 11.1 Å². The Morgan fingerprint density at radius 3 is 2.48 bits per heavy atom. The molecule has 4 rings (SSSR count). The number of ether oxygens (including phenoxy) is 1. The quantitative estimate of drug-likeness (QED) is 0.606. The summed E-state index contributed by atoms with van der Waals surface area (Å²) in [6, 6.07) is 24.1. The van der Waals surface area contributed by atoms with Crippen LogP contribution in [0.4, 0.5) is 0 Å². The molecule has 0 atom stereocenters. The topological polar surface area (TPSA) is 62.4 Å². The lowest BCUT2D eigenvalue weighted by atomic mass is 9.97.